The number of carbonyl (C=O) groups excluding carboxylic acids is 1. The Labute approximate surface area is 104 Å². The molecule has 1 rings (SSSR count). The second-order valence-corrected chi connectivity index (χ2v) is 3.82. The second-order valence-electron chi connectivity index (χ2n) is 3.38. The van der Waals surface area contributed by atoms with Crippen LogP contribution in [0.25, 0.3) is 0 Å². The van der Waals surface area contributed by atoms with Gasteiger partial charge in [-0.05, 0) is 24.1 Å². The highest BCUT2D eigenvalue weighted by Crippen LogP contribution is 2.10. The van der Waals surface area contributed by atoms with E-state index in [1.807, 2.05) is 18.2 Å². The SMILES string of the molecule is O=C(O)CNC(=O)NCCc1cccc(Cl)c1. The van der Waals surface area contributed by atoms with Gasteiger partial charge in [0.25, 0.3) is 0 Å². The molecule has 6 heteroatoms. The Morgan fingerprint density at radius 3 is 2.71 bits per heavy atom. The van der Waals surface area contributed by atoms with Crippen LogP contribution in [0.1, 0.15) is 5.56 Å². The number of benzene rings is 1. The second kappa shape index (κ2) is 6.75. The number of halogens is 1. The monoisotopic (exact) mass is 256 g/mol. The number of carbonyl (C=O) groups is 2. The molecule has 0 heterocycles. The summed E-state index contributed by atoms with van der Waals surface area (Å²) < 4.78 is 0. The lowest BCUT2D eigenvalue weighted by molar-refractivity contribution is -0.135. The highest BCUT2D eigenvalue weighted by atomic mass is 35.5. The molecular formula is C11H13ClN2O3. The van der Waals surface area contributed by atoms with Crippen molar-refractivity contribution in [3.8, 4) is 0 Å². The summed E-state index contributed by atoms with van der Waals surface area (Å²) in [7, 11) is 0. The van der Waals surface area contributed by atoms with Gasteiger partial charge in [-0.2, -0.15) is 0 Å². The van der Waals surface area contributed by atoms with Crippen LogP contribution in [-0.4, -0.2) is 30.2 Å². The van der Waals surface area contributed by atoms with Gasteiger partial charge in [-0.15, -0.1) is 0 Å². The number of carboxylic acid groups (broad SMARTS) is 1. The van der Waals surface area contributed by atoms with Crippen molar-refractivity contribution in [2.45, 2.75) is 6.42 Å². The van der Waals surface area contributed by atoms with Gasteiger partial charge >= 0.3 is 12.0 Å². The van der Waals surface area contributed by atoms with Crippen molar-refractivity contribution >= 4 is 23.6 Å². The lowest BCUT2D eigenvalue weighted by Gasteiger charge is -2.06. The van der Waals surface area contributed by atoms with Gasteiger partial charge in [0.15, 0.2) is 0 Å². The van der Waals surface area contributed by atoms with Crippen LogP contribution in [0.2, 0.25) is 5.02 Å². The molecule has 0 aliphatic rings. The summed E-state index contributed by atoms with van der Waals surface area (Å²) in [5.41, 5.74) is 1.01. The van der Waals surface area contributed by atoms with Crippen LogP contribution >= 0.6 is 11.6 Å². The van der Waals surface area contributed by atoms with E-state index in [1.165, 1.54) is 0 Å². The molecule has 0 aliphatic carbocycles. The lowest BCUT2D eigenvalue weighted by atomic mass is 10.1. The minimum Gasteiger partial charge on any atom is -0.480 e. The highest BCUT2D eigenvalue weighted by Gasteiger charge is 2.02. The van der Waals surface area contributed by atoms with Crippen LogP contribution in [-0.2, 0) is 11.2 Å². The van der Waals surface area contributed by atoms with E-state index in [-0.39, 0.29) is 6.54 Å². The van der Waals surface area contributed by atoms with E-state index in [9.17, 15) is 9.59 Å². The smallest absolute Gasteiger partial charge is 0.323 e. The third-order valence-corrected chi connectivity index (χ3v) is 2.22. The molecule has 1 aromatic rings. The summed E-state index contributed by atoms with van der Waals surface area (Å²) in [5, 5.41) is 13.7. The number of carboxylic acids is 1. The summed E-state index contributed by atoms with van der Waals surface area (Å²) in [6.07, 6.45) is 0.640. The molecule has 2 amide bonds. The fourth-order valence-electron chi connectivity index (χ4n) is 1.23. The average molecular weight is 257 g/mol. The molecule has 0 spiro atoms. The van der Waals surface area contributed by atoms with Gasteiger partial charge in [-0.1, -0.05) is 23.7 Å². The van der Waals surface area contributed by atoms with Crippen molar-refractivity contribution in [1.29, 1.82) is 0 Å². The molecule has 0 aliphatic heterocycles. The topological polar surface area (TPSA) is 78.4 Å². The molecule has 0 atom stereocenters. The Bertz CT molecular complexity index is 409. The van der Waals surface area contributed by atoms with Crippen LogP contribution in [0, 0.1) is 0 Å². The summed E-state index contributed by atoms with van der Waals surface area (Å²) >= 11 is 5.81. The number of aliphatic carboxylic acids is 1. The molecule has 0 saturated heterocycles. The molecule has 0 bridgehead atoms. The van der Waals surface area contributed by atoms with Crippen LogP contribution in [0.4, 0.5) is 4.79 Å². The average Bonchev–Trinajstić information content (AvgIpc) is 2.26. The third kappa shape index (κ3) is 5.77. The first-order valence-corrected chi connectivity index (χ1v) is 5.43. The van der Waals surface area contributed by atoms with E-state index in [0.717, 1.165) is 5.56 Å². The van der Waals surface area contributed by atoms with E-state index in [4.69, 9.17) is 16.7 Å². The van der Waals surface area contributed by atoms with Gasteiger partial charge in [0, 0.05) is 11.6 Å². The molecule has 3 N–H and O–H groups in total. The number of amides is 2. The van der Waals surface area contributed by atoms with E-state index in [2.05, 4.69) is 10.6 Å². The van der Waals surface area contributed by atoms with Crippen molar-refractivity contribution < 1.29 is 14.7 Å². The normalized spacial score (nSPS) is 9.71. The first-order chi connectivity index (χ1) is 8.08. The predicted molar refractivity (Wildman–Crippen MR) is 64.2 cm³/mol. The number of hydrogen-bond acceptors (Lipinski definition) is 2. The van der Waals surface area contributed by atoms with Gasteiger partial charge in [0.1, 0.15) is 6.54 Å². The Morgan fingerprint density at radius 1 is 1.29 bits per heavy atom. The molecule has 0 fully saturated rings. The van der Waals surface area contributed by atoms with Crippen molar-refractivity contribution in [3.63, 3.8) is 0 Å². The van der Waals surface area contributed by atoms with Crippen molar-refractivity contribution in [2.75, 3.05) is 13.1 Å². The Balaban J connectivity index is 2.23. The lowest BCUT2D eigenvalue weighted by Crippen LogP contribution is -2.39. The highest BCUT2D eigenvalue weighted by molar-refractivity contribution is 6.30. The first kappa shape index (κ1) is 13.3. The van der Waals surface area contributed by atoms with E-state index in [0.29, 0.717) is 18.0 Å². The minimum absolute atomic E-state index is 0.386. The molecule has 5 nitrogen and oxygen atoms in total. The van der Waals surface area contributed by atoms with Crippen LogP contribution in [0.5, 0.6) is 0 Å². The maximum atomic E-state index is 11.1. The number of hydrogen-bond donors (Lipinski definition) is 3. The number of rotatable bonds is 5. The van der Waals surface area contributed by atoms with Crippen LogP contribution in [0.3, 0.4) is 0 Å². The summed E-state index contributed by atoms with van der Waals surface area (Å²) in [4.78, 5) is 21.3. The largest absolute Gasteiger partial charge is 0.480 e. The fourth-order valence-corrected chi connectivity index (χ4v) is 1.44. The molecule has 0 saturated carbocycles. The Kier molecular flexibility index (Phi) is 5.29. The van der Waals surface area contributed by atoms with Crippen LogP contribution in [0.15, 0.2) is 24.3 Å². The van der Waals surface area contributed by atoms with Gasteiger partial charge in [0.2, 0.25) is 0 Å². The summed E-state index contributed by atoms with van der Waals surface area (Å²) in [6, 6.07) is 6.84. The summed E-state index contributed by atoms with van der Waals surface area (Å²) in [5.74, 6) is -1.07. The van der Waals surface area contributed by atoms with E-state index in [1.54, 1.807) is 6.07 Å². The van der Waals surface area contributed by atoms with Crippen molar-refractivity contribution in [3.05, 3.63) is 34.9 Å². The van der Waals surface area contributed by atoms with Gasteiger partial charge < -0.3 is 15.7 Å². The summed E-state index contributed by atoms with van der Waals surface area (Å²) in [6.45, 7) is 0.0365. The molecule has 92 valence electrons. The molecule has 0 unspecified atom stereocenters. The minimum atomic E-state index is -1.07. The van der Waals surface area contributed by atoms with E-state index < -0.39 is 12.0 Å². The first-order valence-electron chi connectivity index (χ1n) is 5.06. The maximum absolute atomic E-state index is 11.1. The zero-order chi connectivity index (χ0) is 12.7. The van der Waals surface area contributed by atoms with Gasteiger partial charge in [0.05, 0.1) is 0 Å². The van der Waals surface area contributed by atoms with Crippen molar-refractivity contribution in [1.82, 2.24) is 10.6 Å². The Morgan fingerprint density at radius 2 is 2.06 bits per heavy atom. The molecule has 0 aromatic heterocycles. The molecule has 1 aromatic carbocycles. The van der Waals surface area contributed by atoms with Crippen LogP contribution < -0.4 is 10.6 Å². The zero-order valence-corrected chi connectivity index (χ0v) is 9.83. The van der Waals surface area contributed by atoms with Crippen molar-refractivity contribution in [2.24, 2.45) is 0 Å². The zero-order valence-electron chi connectivity index (χ0n) is 9.07. The molecular weight excluding hydrogens is 244 g/mol. The van der Waals surface area contributed by atoms with E-state index >= 15 is 0 Å². The third-order valence-electron chi connectivity index (χ3n) is 1.99. The number of urea groups is 1. The standard InChI is InChI=1S/C11H13ClN2O3/c12-9-3-1-2-8(6-9)4-5-13-11(17)14-7-10(15)16/h1-3,6H,4-5,7H2,(H,15,16)(H2,13,14,17). The fraction of sp³-hybridized carbons (Fsp3) is 0.273. The quantitative estimate of drug-likeness (QED) is 0.742. The van der Waals surface area contributed by atoms with Gasteiger partial charge in [-0.3, -0.25) is 4.79 Å². The predicted octanol–water partition coefficient (Wildman–Crippen LogP) is 1.27. The maximum Gasteiger partial charge on any atom is 0.323 e. The Hall–Kier alpha value is -1.75. The number of nitrogens with one attached hydrogen (secondary N) is 2. The van der Waals surface area contributed by atoms with Gasteiger partial charge in [-0.25, -0.2) is 4.79 Å². The molecule has 17 heavy (non-hydrogen) atoms. The molecule has 0 radical (unpaired) electrons.